The second-order valence-electron chi connectivity index (χ2n) is 3.92. The van der Waals surface area contributed by atoms with Crippen LogP contribution in [0, 0.1) is 12.8 Å². The lowest BCUT2D eigenvalue weighted by Crippen LogP contribution is -2.53. The lowest BCUT2D eigenvalue weighted by molar-refractivity contribution is -0.125. The third kappa shape index (κ3) is 2.21. The summed E-state index contributed by atoms with van der Waals surface area (Å²) in [4.78, 5) is 29.6. The van der Waals surface area contributed by atoms with Gasteiger partial charge in [0.1, 0.15) is 0 Å². The number of nitrogens with zero attached hydrogens (tertiary/aromatic N) is 2. The number of imide groups is 1. The Morgan fingerprint density at radius 3 is 3.00 bits per heavy atom. The van der Waals surface area contributed by atoms with Crippen LogP contribution in [0.25, 0.3) is 0 Å². The fraction of sp³-hybridized carbons (Fsp3) is 0.500. The van der Waals surface area contributed by atoms with Gasteiger partial charge in [0.05, 0.1) is 17.5 Å². The van der Waals surface area contributed by atoms with E-state index in [0.29, 0.717) is 13.1 Å². The molecule has 3 amide bonds. The van der Waals surface area contributed by atoms with Gasteiger partial charge in [-0.15, -0.1) is 11.3 Å². The molecule has 0 aliphatic carbocycles. The Bertz CT molecular complexity index is 429. The summed E-state index contributed by atoms with van der Waals surface area (Å²) in [6.07, 6.45) is 1.77. The van der Waals surface area contributed by atoms with Gasteiger partial charge >= 0.3 is 6.03 Å². The van der Waals surface area contributed by atoms with Crippen LogP contribution in [0.3, 0.4) is 0 Å². The van der Waals surface area contributed by atoms with E-state index in [1.807, 2.05) is 13.8 Å². The predicted molar refractivity (Wildman–Crippen MR) is 60.0 cm³/mol. The first-order chi connectivity index (χ1) is 7.56. The Balaban J connectivity index is 2.04. The molecule has 1 fully saturated rings. The highest BCUT2D eigenvalue weighted by molar-refractivity contribution is 7.11. The normalized spacial score (nSPS) is 21.1. The zero-order chi connectivity index (χ0) is 11.7. The van der Waals surface area contributed by atoms with Gasteiger partial charge < -0.3 is 4.90 Å². The fourth-order valence-corrected chi connectivity index (χ4v) is 2.42. The van der Waals surface area contributed by atoms with Gasteiger partial charge in [-0.2, -0.15) is 0 Å². The van der Waals surface area contributed by atoms with Crippen LogP contribution in [-0.4, -0.2) is 28.4 Å². The van der Waals surface area contributed by atoms with E-state index < -0.39 is 0 Å². The topological polar surface area (TPSA) is 62.3 Å². The van der Waals surface area contributed by atoms with Crippen molar-refractivity contribution in [2.75, 3.05) is 6.54 Å². The van der Waals surface area contributed by atoms with E-state index in [2.05, 4.69) is 10.3 Å². The molecule has 16 heavy (non-hydrogen) atoms. The van der Waals surface area contributed by atoms with Gasteiger partial charge in [-0.05, 0) is 6.92 Å². The SMILES string of the molecule is Cc1ncc(CN2CC(C)C(=O)NC2=O)s1. The van der Waals surface area contributed by atoms with Gasteiger partial charge in [0, 0.05) is 17.6 Å². The lowest BCUT2D eigenvalue weighted by atomic mass is 10.1. The van der Waals surface area contributed by atoms with Crippen LogP contribution in [0.4, 0.5) is 4.79 Å². The van der Waals surface area contributed by atoms with Crippen LogP contribution in [0.1, 0.15) is 16.8 Å². The van der Waals surface area contributed by atoms with Crippen LogP contribution in [0.2, 0.25) is 0 Å². The van der Waals surface area contributed by atoms with Gasteiger partial charge in [0.2, 0.25) is 5.91 Å². The molecule has 6 heteroatoms. The molecule has 1 unspecified atom stereocenters. The van der Waals surface area contributed by atoms with Crippen molar-refractivity contribution in [3.05, 3.63) is 16.1 Å². The summed E-state index contributed by atoms with van der Waals surface area (Å²) in [5.41, 5.74) is 0. The predicted octanol–water partition coefficient (Wildman–Crippen LogP) is 1.14. The fourth-order valence-electron chi connectivity index (χ4n) is 1.61. The van der Waals surface area contributed by atoms with E-state index in [1.165, 1.54) is 0 Å². The van der Waals surface area contributed by atoms with E-state index >= 15 is 0 Å². The second-order valence-corrected chi connectivity index (χ2v) is 5.24. The molecule has 0 spiro atoms. The van der Waals surface area contributed by atoms with Crippen LogP contribution in [-0.2, 0) is 11.3 Å². The van der Waals surface area contributed by atoms with Crippen molar-refractivity contribution >= 4 is 23.3 Å². The van der Waals surface area contributed by atoms with Gasteiger partial charge in [0.25, 0.3) is 0 Å². The van der Waals surface area contributed by atoms with Crippen LogP contribution >= 0.6 is 11.3 Å². The number of aryl methyl sites for hydroxylation is 1. The Morgan fingerprint density at radius 2 is 2.38 bits per heavy atom. The van der Waals surface area contributed by atoms with Crippen molar-refractivity contribution in [1.82, 2.24) is 15.2 Å². The summed E-state index contributed by atoms with van der Waals surface area (Å²) in [5, 5.41) is 3.32. The van der Waals surface area contributed by atoms with Crippen molar-refractivity contribution in [3.63, 3.8) is 0 Å². The standard InChI is InChI=1S/C10H13N3O2S/c1-6-4-13(10(15)12-9(6)14)5-8-3-11-7(2)16-8/h3,6H,4-5H2,1-2H3,(H,12,14,15). The van der Waals surface area contributed by atoms with E-state index in [-0.39, 0.29) is 17.9 Å². The number of nitrogens with one attached hydrogen (secondary N) is 1. The molecule has 2 heterocycles. The quantitative estimate of drug-likeness (QED) is 0.841. The van der Waals surface area contributed by atoms with Crippen molar-refractivity contribution in [2.45, 2.75) is 20.4 Å². The number of carbonyl (C=O) groups excluding carboxylic acids is 2. The lowest BCUT2D eigenvalue weighted by Gasteiger charge is -2.29. The Labute approximate surface area is 97.5 Å². The molecule has 1 aromatic rings. The van der Waals surface area contributed by atoms with Gasteiger partial charge in [-0.25, -0.2) is 9.78 Å². The van der Waals surface area contributed by atoms with Crippen molar-refractivity contribution in [1.29, 1.82) is 0 Å². The summed E-state index contributed by atoms with van der Waals surface area (Å²) in [5.74, 6) is -0.339. The summed E-state index contributed by atoms with van der Waals surface area (Å²) < 4.78 is 0. The molecule has 2 rings (SSSR count). The number of thiazole rings is 1. The third-order valence-corrected chi connectivity index (χ3v) is 3.37. The summed E-state index contributed by atoms with van der Waals surface area (Å²) in [6, 6.07) is -0.311. The molecule has 1 N–H and O–H groups in total. The van der Waals surface area contributed by atoms with Crippen molar-refractivity contribution in [2.24, 2.45) is 5.92 Å². The maximum atomic E-state index is 11.5. The largest absolute Gasteiger partial charge is 0.324 e. The molecular weight excluding hydrogens is 226 g/mol. The molecule has 86 valence electrons. The van der Waals surface area contributed by atoms with E-state index in [0.717, 1.165) is 9.88 Å². The third-order valence-electron chi connectivity index (χ3n) is 2.48. The number of rotatable bonds is 2. The maximum absolute atomic E-state index is 11.5. The van der Waals surface area contributed by atoms with Gasteiger partial charge in [0.15, 0.2) is 0 Å². The smallest absolute Gasteiger partial charge is 0.318 e. The molecule has 1 aliphatic heterocycles. The zero-order valence-corrected chi connectivity index (χ0v) is 10.0. The summed E-state index contributed by atoms with van der Waals surface area (Å²) >= 11 is 1.57. The Morgan fingerprint density at radius 1 is 1.62 bits per heavy atom. The Kier molecular flexibility index (Phi) is 2.91. The highest BCUT2D eigenvalue weighted by Crippen LogP contribution is 2.17. The number of amides is 3. The molecular formula is C10H13N3O2S. The molecule has 1 aliphatic rings. The first-order valence-corrected chi connectivity index (χ1v) is 5.89. The summed E-state index contributed by atoms with van der Waals surface area (Å²) in [6.45, 7) is 4.74. The average Bonchev–Trinajstić information content (AvgIpc) is 2.60. The minimum absolute atomic E-state index is 0.147. The number of urea groups is 1. The molecule has 0 radical (unpaired) electrons. The monoisotopic (exact) mass is 239 g/mol. The minimum atomic E-state index is -0.311. The maximum Gasteiger partial charge on any atom is 0.324 e. The molecule has 0 saturated carbocycles. The average molecular weight is 239 g/mol. The van der Waals surface area contributed by atoms with Crippen molar-refractivity contribution in [3.8, 4) is 0 Å². The molecule has 1 atom stereocenters. The number of aromatic nitrogens is 1. The second kappa shape index (κ2) is 4.21. The molecule has 5 nitrogen and oxygen atoms in total. The van der Waals surface area contributed by atoms with E-state index in [9.17, 15) is 9.59 Å². The highest BCUT2D eigenvalue weighted by Gasteiger charge is 2.29. The highest BCUT2D eigenvalue weighted by atomic mass is 32.1. The van der Waals surface area contributed by atoms with Crippen molar-refractivity contribution < 1.29 is 9.59 Å². The van der Waals surface area contributed by atoms with Crippen LogP contribution < -0.4 is 5.32 Å². The van der Waals surface area contributed by atoms with E-state index in [1.54, 1.807) is 22.4 Å². The van der Waals surface area contributed by atoms with E-state index in [4.69, 9.17) is 0 Å². The Hall–Kier alpha value is -1.43. The van der Waals surface area contributed by atoms with Crippen LogP contribution in [0.15, 0.2) is 6.20 Å². The first kappa shape index (κ1) is 11.1. The molecule has 1 saturated heterocycles. The number of hydrogen-bond acceptors (Lipinski definition) is 4. The van der Waals surface area contributed by atoms with Crippen LogP contribution in [0.5, 0.6) is 0 Å². The molecule has 0 bridgehead atoms. The molecule has 0 aromatic carbocycles. The zero-order valence-electron chi connectivity index (χ0n) is 9.19. The first-order valence-electron chi connectivity index (χ1n) is 5.07. The summed E-state index contributed by atoms with van der Waals surface area (Å²) in [7, 11) is 0. The number of carbonyl (C=O) groups is 2. The minimum Gasteiger partial charge on any atom is -0.318 e. The van der Waals surface area contributed by atoms with Gasteiger partial charge in [-0.3, -0.25) is 10.1 Å². The number of hydrogen-bond donors (Lipinski definition) is 1. The van der Waals surface area contributed by atoms with Gasteiger partial charge in [-0.1, -0.05) is 6.92 Å². The molecule has 1 aromatic heterocycles.